The van der Waals surface area contributed by atoms with Crippen molar-refractivity contribution in [3.63, 3.8) is 0 Å². The van der Waals surface area contributed by atoms with Gasteiger partial charge in [0, 0.05) is 5.56 Å². The van der Waals surface area contributed by atoms with Crippen molar-refractivity contribution < 1.29 is 9.18 Å². The quantitative estimate of drug-likeness (QED) is 0.616. The molecule has 2 aromatic rings. The number of hydrogen-bond acceptors (Lipinski definition) is 5. The highest BCUT2D eigenvalue weighted by molar-refractivity contribution is 8.00. The maximum Gasteiger partial charge on any atom is 0.210 e. The Bertz CT molecular complexity index is 667. The van der Waals surface area contributed by atoms with Gasteiger partial charge in [-0.05, 0) is 54.5 Å². The number of rotatable bonds is 5. The lowest BCUT2D eigenvalue weighted by Gasteiger charge is -2.22. The molecule has 1 fully saturated rings. The fourth-order valence-electron chi connectivity index (χ4n) is 2.88. The van der Waals surface area contributed by atoms with Gasteiger partial charge in [0.25, 0.3) is 0 Å². The highest BCUT2D eigenvalue weighted by atomic mass is 32.2. The van der Waals surface area contributed by atoms with Crippen LogP contribution >= 0.6 is 11.8 Å². The zero-order chi connectivity index (χ0) is 16.2. The lowest BCUT2D eigenvalue weighted by atomic mass is 9.96. The number of hydrogen-bond donors (Lipinski definition) is 0. The van der Waals surface area contributed by atoms with Gasteiger partial charge in [0.1, 0.15) is 5.82 Å². The number of aromatic nitrogens is 4. The molecule has 1 saturated carbocycles. The topological polar surface area (TPSA) is 60.7 Å². The van der Waals surface area contributed by atoms with E-state index in [0.29, 0.717) is 16.8 Å². The van der Waals surface area contributed by atoms with Gasteiger partial charge >= 0.3 is 0 Å². The summed E-state index contributed by atoms with van der Waals surface area (Å²) in [5.74, 6) is -0.392. The van der Waals surface area contributed by atoms with Gasteiger partial charge in [-0.25, -0.2) is 9.07 Å². The van der Waals surface area contributed by atoms with Crippen molar-refractivity contribution in [3.8, 4) is 0 Å². The van der Waals surface area contributed by atoms with Crippen LogP contribution in [0.2, 0.25) is 0 Å². The van der Waals surface area contributed by atoms with Crippen LogP contribution in [0.15, 0.2) is 29.4 Å². The Hall–Kier alpha value is -1.76. The predicted molar refractivity (Wildman–Crippen MR) is 86.0 cm³/mol. The van der Waals surface area contributed by atoms with E-state index in [9.17, 15) is 9.18 Å². The summed E-state index contributed by atoms with van der Waals surface area (Å²) < 4.78 is 14.8. The molecule has 1 aromatic heterocycles. The molecule has 0 bridgehead atoms. The highest BCUT2D eigenvalue weighted by Crippen LogP contribution is 2.32. The van der Waals surface area contributed by atoms with Gasteiger partial charge in [0.15, 0.2) is 5.78 Å². The first-order chi connectivity index (χ1) is 11.1. The minimum absolute atomic E-state index is 0.0480. The van der Waals surface area contributed by atoms with Crippen molar-refractivity contribution in [3.05, 3.63) is 35.6 Å². The number of benzene rings is 1. The number of halogens is 1. The molecule has 0 spiro atoms. The molecule has 1 atom stereocenters. The summed E-state index contributed by atoms with van der Waals surface area (Å²) in [6, 6.07) is 5.96. The van der Waals surface area contributed by atoms with Crippen LogP contribution in [0, 0.1) is 5.82 Å². The van der Waals surface area contributed by atoms with Gasteiger partial charge in [-0.1, -0.05) is 31.0 Å². The van der Waals surface area contributed by atoms with Crippen LogP contribution in [0.4, 0.5) is 4.39 Å². The minimum Gasteiger partial charge on any atom is -0.293 e. The normalized spacial score (nSPS) is 17.1. The maximum atomic E-state index is 13.0. The Balaban J connectivity index is 1.70. The summed E-state index contributed by atoms with van der Waals surface area (Å²) in [5.41, 5.74) is 0.503. The van der Waals surface area contributed by atoms with Crippen LogP contribution < -0.4 is 0 Å². The molecule has 1 aromatic carbocycles. The van der Waals surface area contributed by atoms with E-state index < -0.39 is 0 Å². The number of carbonyl (C=O) groups is 1. The van der Waals surface area contributed by atoms with E-state index in [2.05, 4.69) is 15.5 Å². The molecule has 23 heavy (non-hydrogen) atoms. The molecule has 1 heterocycles. The van der Waals surface area contributed by atoms with Crippen LogP contribution in [0.3, 0.4) is 0 Å². The van der Waals surface area contributed by atoms with Gasteiger partial charge in [0.05, 0.1) is 11.3 Å². The van der Waals surface area contributed by atoms with Crippen molar-refractivity contribution in [2.75, 3.05) is 0 Å². The van der Waals surface area contributed by atoms with Gasteiger partial charge < -0.3 is 0 Å². The second-order valence-electron chi connectivity index (χ2n) is 5.83. The molecule has 0 aliphatic heterocycles. The monoisotopic (exact) mass is 334 g/mol. The summed E-state index contributed by atoms with van der Waals surface area (Å²) in [6.07, 6.45) is 5.82. The van der Waals surface area contributed by atoms with Crippen molar-refractivity contribution in [1.29, 1.82) is 0 Å². The standard InChI is InChI=1S/C16H19FN4OS/c1-11(15(22)12-7-9-13(17)10-8-12)23-16-18-19-20-21(16)14-5-3-2-4-6-14/h7-11,14H,2-6H2,1H3/t11-/m1/s1. The number of Topliss-reactive ketones (excluding diaryl/α,β-unsaturated/α-hetero) is 1. The zero-order valence-electron chi connectivity index (χ0n) is 13.0. The van der Waals surface area contributed by atoms with Crippen molar-refractivity contribution in [2.24, 2.45) is 0 Å². The Kier molecular flexibility index (Phi) is 5.05. The largest absolute Gasteiger partial charge is 0.293 e. The second-order valence-corrected chi connectivity index (χ2v) is 7.14. The number of thioether (sulfide) groups is 1. The Morgan fingerprint density at radius 2 is 1.96 bits per heavy atom. The summed E-state index contributed by atoms with van der Waals surface area (Å²) in [5, 5.41) is 12.3. The van der Waals surface area contributed by atoms with Gasteiger partial charge in [-0.2, -0.15) is 0 Å². The number of tetrazole rings is 1. The van der Waals surface area contributed by atoms with Gasteiger partial charge in [-0.3, -0.25) is 4.79 Å². The first-order valence-corrected chi connectivity index (χ1v) is 8.77. The summed E-state index contributed by atoms with van der Waals surface area (Å²) in [6.45, 7) is 1.83. The smallest absolute Gasteiger partial charge is 0.210 e. The van der Waals surface area contributed by atoms with Crippen LogP contribution in [0.5, 0.6) is 0 Å². The van der Waals surface area contributed by atoms with Crippen LogP contribution in [0.25, 0.3) is 0 Å². The molecule has 5 nitrogen and oxygen atoms in total. The van der Waals surface area contributed by atoms with E-state index in [-0.39, 0.29) is 16.9 Å². The molecule has 3 rings (SSSR count). The number of carbonyl (C=O) groups excluding carboxylic acids is 1. The predicted octanol–water partition coefficient (Wildman–Crippen LogP) is 3.68. The molecule has 0 radical (unpaired) electrons. The lowest BCUT2D eigenvalue weighted by molar-refractivity contribution is 0.0993. The van der Waals surface area contributed by atoms with Crippen molar-refractivity contribution >= 4 is 17.5 Å². The third-order valence-electron chi connectivity index (χ3n) is 4.16. The average molecular weight is 334 g/mol. The number of nitrogens with zero attached hydrogens (tertiary/aromatic N) is 4. The first-order valence-electron chi connectivity index (χ1n) is 7.89. The molecule has 1 aliphatic rings. The summed E-state index contributed by atoms with van der Waals surface area (Å²) >= 11 is 1.36. The third kappa shape index (κ3) is 3.77. The second kappa shape index (κ2) is 7.21. The molecule has 0 amide bonds. The van der Waals surface area contributed by atoms with E-state index in [0.717, 1.165) is 12.8 Å². The van der Waals surface area contributed by atoms with Crippen LogP contribution in [-0.2, 0) is 0 Å². The van der Waals surface area contributed by atoms with Gasteiger partial charge in [0.2, 0.25) is 5.16 Å². The molecule has 1 aliphatic carbocycles. The van der Waals surface area contributed by atoms with E-state index in [4.69, 9.17) is 0 Å². The van der Waals surface area contributed by atoms with E-state index in [1.165, 1.54) is 55.3 Å². The summed E-state index contributed by atoms with van der Waals surface area (Å²) in [4.78, 5) is 12.4. The third-order valence-corrected chi connectivity index (χ3v) is 5.21. The van der Waals surface area contributed by atoms with E-state index in [1.54, 1.807) is 0 Å². The Morgan fingerprint density at radius 1 is 1.26 bits per heavy atom. The molecule has 7 heteroatoms. The first kappa shape index (κ1) is 16.1. The van der Waals surface area contributed by atoms with Crippen molar-refractivity contribution in [2.45, 2.75) is 55.5 Å². The molecule has 0 N–H and O–H groups in total. The lowest BCUT2D eigenvalue weighted by Crippen LogP contribution is -2.18. The molecule has 0 unspecified atom stereocenters. The fraction of sp³-hybridized carbons (Fsp3) is 0.500. The minimum atomic E-state index is -0.344. The van der Waals surface area contributed by atoms with Crippen LogP contribution in [-0.4, -0.2) is 31.2 Å². The van der Waals surface area contributed by atoms with Gasteiger partial charge in [-0.15, -0.1) is 5.10 Å². The number of ketones is 1. The van der Waals surface area contributed by atoms with E-state index >= 15 is 0 Å². The fourth-order valence-corrected chi connectivity index (χ4v) is 3.81. The highest BCUT2D eigenvalue weighted by Gasteiger charge is 2.24. The Morgan fingerprint density at radius 3 is 2.65 bits per heavy atom. The van der Waals surface area contributed by atoms with Crippen molar-refractivity contribution in [1.82, 2.24) is 20.2 Å². The van der Waals surface area contributed by atoms with Crippen LogP contribution in [0.1, 0.15) is 55.4 Å². The Labute approximate surface area is 138 Å². The average Bonchev–Trinajstić information content (AvgIpc) is 3.04. The summed E-state index contributed by atoms with van der Waals surface area (Å²) in [7, 11) is 0. The SMILES string of the molecule is C[C@@H](Sc1nnnn1C1CCCCC1)C(=O)c1ccc(F)cc1. The van der Waals surface area contributed by atoms with E-state index in [1.807, 2.05) is 11.6 Å². The zero-order valence-corrected chi connectivity index (χ0v) is 13.8. The maximum absolute atomic E-state index is 13.0. The molecular formula is C16H19FN4OS. The molecular weight excluding hydrogens is 315 g/mol. The molecule has 122 valence electrons. The molecule has 0 saturated heterocycles.